The van der Waals surface area contributed by atoms with Crippen molar-refractivity contribution in [3.05, 3.63) is 75.6 Å². The van der Waals surface area contributed by atoms with Crippen LogP contribution in [0.2, 0.25) is 0 Å². The van der Waals surface area contributed by atoms with Gasteiger partial charge < -0.3 is 14.6 Å². The van der Waals surface area contributed by atoms with Crippen molar-refractivity contribution in [1.82, 2.24) is 9.88 Å². The third kappa shape index (κ3) is 3.77. The van der Waals surface area contributed by atoms with Gasteiger partial charge in [-0.15, -0.1) is 0 Å². The number of amides is 1. The van der Waals surface area contributed by atoms with Crippen LogP contribution in [-0.2, 0) is 17.9 Å². The van der Waals surface area contributed by atoms with Crippen molar-refractivity contribution in [2.24, 2.45) is 0 Å². The number of rotatable bonds is 5. The van der Waals surface area contributed by atoms with Crippen LogP contribution in [0.5, 0.6) is 5.75 Å². The van der Waals surface area contributed by atoms with E-state index in [1.807, 2.05) is 54.8 Å². The molecule has 1 amide bonds. The summed E-state index contributed by atoms with van der Waals surface area (Å²) in [6.45, 7) is 4.51. The molecule has 0 fully saturated rings. The summed E-state index contributed by atoms with van der Waals surface area (Å²) >= 11 is 0. The van der Waals surface area contributed by atoms with E-state index in [9.17, 15) is 9.59 Å². The van der Waals surface area contributed by atoms with Crippen LogP contribution in [0.4, 0.5) is 0 Å². The van der Waals surface area contributed by atoms with Gasteiger partial charge in [0, 0.05) is 24.2 Å². The molecule has 2 aromatic carbocycles. The quantitative estimate of drug-likeness (QED) is 0.770. The van der Waals surface area contributed by atoms with Gasteiger partial charge in [0.15, 0.2) is 5.43 Å². The Morgan fingerprint density at radius 2 is 1.85 bits per heavy atom. The normalized spacial score (nSPS) is 10.7. The van der Waals surface area contributed by atoms with Crippen LogP contribution in [0.15, 0.2) is 53.5 Å². The maximum Gasteiger partial charge on any atom is 0.240 e. The van der Waals surface area contributed by atoms with Crippen molar-refractivity contribution in [2.45, 2.75) is 26.9 Å². The molecule has 1 aromatic heterocycles. The average molecular weight is 350 g/mol. The van der Waals surface area contributed by atoms with Crippen molar-refractivity contribution in [3.8, 4) is 5.75 Å². The lowest BCUT2D eigenvalue weighted by Crippen LogP contribution is -2.27. The second-order valence-corrected chi connectivity index (χ2v) is 6.41. The van der Waals surface area contributed by atoms with Gasteiger partial charge in [-0.3, -0.25) is 9.59 Å². The van der Waals surface area contributed by atoms with E-state index in [0.717, 1.165) is 28.0 Å². The molecule has 5 heteroatoms. The highest BCUT2D eigenvalue weighted by Gasteiger charge is 2.09. The molecule has 0 radical (unpaired) electrons. The number of hydrogen-bond acceptors (Lipinski definition) is 3. The van der Waals surface area contributed by atoms with Gasteiger partial charge in [-0.25, -0.2) is 0 Å². The number of fused-ring (bicyclic) bond motifs is 1. The number of aromatic nitrogens is 1. The van der Waals surface area contributed by atoms with E-state index in [0.29, 0.717) is 11.9 Å². The fourth-order valence-corrected chi connectivity index (χ4v) is 3.11. The Balaban J connectivity index is 1.77. The van der Waals surface area contributed by atoms with E-state index in [1.165, 1.54) is 6.07 Å². The third-order valence-electron chi connectivity index (χ3n) is 4.38. The van der Waals surface area contributed by atoms with Crippen LogP contribution in [-0.4, -0.2) is 17.6 Å². The van der Waals surface area contributed by atoms with Gasteiger partial charge in [-0.05, 0) is 48.7 Å². The van der Waals surface area contributed by atoms with Crippen LogP contribution >= 0.6 is 0 Å². The van der Waals surface area contributed by atoms with Crippen molar-refractivity contribution in [1.29, 1.82) is 0 Å². The first-order chi connectivity index (χ1) is 12.5. The number of ether oxygens (including phenoxy) is 1. The Bertz CT molecular complexity index is 1000. The Kier molecular flexibility index (Phi) is 5.07. The predicted molar refractivity (Wildman–Crippen MR) is 103 cm³/mol. The molecule has 0 unspecified atom stereocenters. The molecule has 0 aliphatic carbocycles. The van der Waals surface area contributed by atoms with Gasteiger partial charge in [0.1, 0.15) is 12.3 Å². The van der Waals surface area contributed by atoms with Gasteiger partial charge in [0.2, 0.25) is 5.91 Å². The summed E-state index contributed by atoms with van der Waals surface area (Å²) in [7, 11) is 1.62. The van der Waals surface area contributed by atoms with Crippen LogP contribution in [0.25, 0.3) is 10.9 Å². The molecule has 0 spiro atoms. The number of aryl methyl sites for hydroxylation is 2. The second kappa shape index (κ2) is 7.44. The molecule has 3 rings (SSSR count). The minimum absolute atomic E-state index is 0.0209. The van der Waals surface area contributed by atoms with Crippen LogP contribution in [0.1, 0.15) is 16.7 Å². The fourth-order valence-electron chi connectivity index (χ4n) is 3.11. The Hall–Kier alpha value is -3.08. The van der Waals surface area contributed by atoms with E-state index < -0.39 is 0 Å². The number of nitrogens with zero attached hydrogens (tertiary/aromatic N) is 1. The van der Waals surface area contributed by atoms with Crippen molar-refractivity contribution in [2.75, 3.05) is 7.11 Å². The zero-order valence-corrected chi connectivity index (χ0v) is 15.2. The minimum Gasteiger partial charge on any atom is -0.497 e. The maximum absolute atomic E-state index is 12.4. The average Bonchev–Trinajstić information content (AvgIpc) is 2.62. The smallest absolute Gasteiger partial charge is 0.240 e. The van der Waals surface area contributed by atoms with Gasteiger partial charge in [-0.1, -0.05) is 18.2 Å². The first-order valence-corrected chi connectivity index (χ1v) is 8.48. The topological polar surface area (TPSA) is 60.3 Å². The molecule has 0 aliphatic rings. The fraction of sp³-hybridized carbons (Fsp3) is 0.238. The maximum atomic E-state index is 12.4. The second-order valence-electron chi connectivity index (χ2n) is 6.41. The number of methoxy groups -OCH3 is 1. The molecular formula is C21H22N2O3. The first kappa shape index (κ1) is 17.7. The van der Waals surface area contributed by atoms with Crippen LogP contribution in [0, 0.1) is 13.8 Å². The number of carbonyl (C=O) groups is 1. The first-order valence-electron chi connectivity index (χ1n) is 8.48. The molecular weight excluding hydrogens is 328 g/mol. The number of nitrogens with one attached hydrogen (secondary N) is 1. The van der Waals surface area contributed by atoms with E-state index in [-0.39, 0.29) is 17.9 Å². The Morgan fingerprint density at radius 1 is 1.12 bits per heavy atom. The summed E-state index contributed by atoms with van der Waals surface area (Å²) in [4.78, 5) is 24.6. The summed E-state index contributed by atoms with van der Waals surface area (Å²) in [5.41, 5.74) is 3.75. The predicted octanol–water partition coefficient (Wildman–Crippen LogP) is 2.94. The SMILES string of the molecule is COc1ccc(CNC(=O)Cn2ccc(=O)c3c(C)cc(C)cc32)cc1. The lowest BCUT2D eigenvalue weighted by atomic mass is 10.1. The lowest BCUT2D eigenvalue weighted by Gasteiger charge is -2.13. The van der Waals surface area contributed by atoms with Crippen LogP contribution in [0.3, 0.4) is 0 Å². The molecule has 0 saturated carbocycles. The number of carbonyl (C=O) groups excluding carboxylic acids is 1. The van der Waals surface area contributed by atoms with Gasteiger partial charge in [0.25, 0.3) is 0 Å². The largest absolute Gasteiger partial charge is 0.497 e. The molecule has 3 aromatic rings. The summed E-state index contributed by atoms with van der Waals surface area (Å²) in [6.07, 6.45) is 1.68. The van der Waals surface area contributed by atoms with Crippen LogP contribution < -0.4 is 15.5 Å². The molecule has 5 nitrogen and oxygen atoms in total. The third-order valence-corrected chi connectivity index (χ3v) is 4.38. The minimum atomic E-state index is -0.107. The monoisotopic (exact) mass is 350 g/mol. The molecule has 0 aliphatic heterocycles. The highest BCUT2D eigenvalue weighted by atomic mass is 16.5. The molecule has 0 atom stereocenters. The molecule has 0 saturated heterocycles. The zero-order chi connectivity index (χ0) is 18.7. The van der Waals surface area contributed by atoms with E-state index >= 15 is 0 Å². The van der Waals surface area contributed by atoms with Gasteiger partial charge in [0.05, 0.1) is 12.6 Å². The standard InChI is InChI=1S/C21H22N2O3/c1-14-10-15(2)21-18(11-14)23(9-8-19(21)24)13-20(25)22-12-16-4-6-17(26-3)7-5-16/h4-11H,12-13H2,1-3H3,(H,22,25). The summed E-state index contributed by atoms with van der Waals surface area (Å²) < 4.78 is 6.95. The van der Waals surface area contributed by atoms with E-state index in [4.69, 9.17) is 4.74 Å². The molecule has 1 heterocycles. The van der Waals surface area contributed by atoms with E-state index in [2.05, 4.69) is 5.32 Å². The number of benzene rings is 2. The highest BCUT2D eigenvalue weighted by molar-refractivity contribution is 5.85. The number of pyridine rings is 1. The van der Waals surface area contributed by atoms with Crippen molar-refractivity contribution in [3.63, 3.8) is 0 Å². The van der Waals surface area contributed by atoms with Gasteiger partial charge in [-0.2, -0.15) is 0 Å². The summed E-state index contributed by atoms with van der Waals surface area (Å²) in [5.74, 6) is 0.676. The highest BCUT2D eigenvalue weighted by Crippen LogP contribution is 2.17. The van der Waals surface area contributed by atoms with Crippen molar-refractivity contribution < 1.29 is 9.53 Å². The Morgan fingerprint density at radius 3 is 2.54 bits per heavy atom. The zero-order valence-electron chi connectivity index (χ0n) is 15.2. The Labute approximate surface area is 152 Å². The number of hydrogen-bond donors (Lipinski definition) is 1. The summed E-state index contributed by atoms with van der Waals surface area (Å²) in [6, 6.07) is 13.0. The summed E-state index contributed by atoms with van der Waals surface area (Å²) in [5, 5.41) is 3.58. The van der Waals surface area contributed by atoms with E-state index in [1.54, 1.807) is 13.3 Å². The molecule has 134 valence electrons. The van der Waals surface area contributed by atoms with Gasteiger partial charge >= 0.3 is 0 Å². The molecule has 0 bridgehead atoms. The molecule has 26 heavy (non-hydrogen) atoms. The van der Waals surface area contributed by atoms with Crippen molar-refractivity contribution >= 4 is 16.8 Å². The molecule has 1 N–H and O–H groups in total. The lowest BCUT2D eigenvalue weighted by molar-refractivity contribution is -0.121.